The van der Waals surface area contributed by atoms with Gasteiger partial charge in [-0.05, 0) is 26.3 Å². The van der Waals surface area contributed by atoms with Crippen LogP contribution in [0.15, 0.2) is 59.0 Å². The minimum absolute atomic E-state index is 0.0323. The van der Waals surface area contributed by atoms with Crippen LogP contribution in [0.2, 0.25) is 0 Å². The molecule has 1 aromatic carbocycles. The molecule has 1 heterocycles. The van der Waals surface area contributed by atoms with Gasteiger partial charge in [-0.1, -0.05) is 12.1 Å². The Morgan fingerprint density at radius 2 is 1.79 bits per heavy atom. The maximum Gasteiger partial charge on any atom is 0.336 e. The van der Waals surface area contributed by atoms with Crippen LogP contribution in [0.25, 0.3) is 0 Å². The second-order valence-corrected chi connectivity index (χ2v) is 9.09. The maximum absolute atomic E-state index is 13.0. The second-order valence-electron chi connectivity index (χ2n) is 8.06. The molecule has 0 saturated carbocycles. The molecular weight excluding hydrogens is 534 g/mol. The summed E-state index contributed by atoms with van der Waals surface area (Å²) < 4.78 is 10.2. The van der Waals surface area contributed by atoms with Gasteiger partial charge in [0, 0.05) is 53.2 Å². The monoisotopic (exact) mass is 565 g/mol. The average Bonchev–Trinajstić information content (AvgIpc) is 2.87. The number of carbonyl (C=O) groups is 4. The summed E-state index contributed by atoms with van der Waals surface area (Å²) >= 11 is 1.53. The fraction of sp³-hybridized carbons (Fsp3) is 0.360. The zero-order valence-electron chi connectivity index (χ0n) is 21.8. The van der Waals surface area contributed by atoms with Crippen molar-refractivity contribution >= 4 is 41.3 Å². The van der Waals surface area contributed by atoms with E-state index in [4.69, 9.17) is 25.4 Å². The molecule has 2 unspecified atom stereocenters. The van der Waals surface area contributed by atoms with Crippen molar-refractivity contribution in [2.75, 3.05) is 25.2 Å². The number of nitrogens with zero attached hydrogens (tertiary/aromatic N) is 1. The number of nitrogens with one attached hydrogen (secondary N) is 1. The molecule has 1 aliphatic rings. The Morgan fingerprint density at radius 3 is 2.28 bits per heavy atom. The number of carboxylic acid groups (broad SMARTS) is 2. The Bertz CT molecular complexity index is 1170. The standard InChI is InChI=1S/C21H27N3O6S.C4H4O4/c1-5-30-21(26)19-16(11-31-10-12(2)22)23-13(3)17(20(25)29-4)18(19)14-7-6-8-15(9-14)24(27)28;5-3(6)1-2-4(7)8/h6-9,12,18,23H,5,10-11,22H2,1-4H3;1-2H,(H,5,6)(H,7,8). The number of dihydropyridines is 1. The number of rotatable bonds is 11. The summed E-state index contributed by atoms with van der Waals surface area (Å²) in [6.07, 6.45) is 1.12. The molecule has 13 nitrogen and oxygen atoms in total. The van der Waals surface area contributed by atoms with E-state index in [0.29, 0.717) is 40.6 Å². The molecule has 1 aromatic rings. The average molecular weight is 566 g/mol. The van der Waals surface area contributed by atoms with Crippen molar-refractivity contribution in [2.45, 2.75) is 32.7 Å². The second kappa shape index (κ2) is 15.9. The predicted molar refractivity (Wildman–Crippen MR) is 143 cm³/mol. The van der Waals surface area contributed by atoms with E-state index in [2.05, 4.69) is 5.32 Å². The largest absolute Gasteiger partial charge is 0.478 e. The van der Waals surface area contributed by atoms with Crippen LogP contribution >= 0.6 is 11.8 Å². The number of hydrogen-bond acceptors (Lipinski definition) is 11. The fourth-order valence-electron chi connectivity index (χ4n) is 3.48. The molecule has 0 fully saturated rings. The van der Waals surface area contributed by atoms with Crippen molar-refractivity contribution in [1.29, 1.82) is 0 Å². The Kier molecular flexibility index (Phi) is 13.4. The molecule has 39 heavy (non-hydrogen) atoms. The van der Waals surface area contributed by atoms with Gasteiger partial charge >= 0.3 is 23.9 Å². The number of carboxylic acids is 2. The van der Waals surface area contributed by atoms with E-state index in [0.717, 1.165) is 0 Å². The SMILES string of the molecule is CCOC(=O)C1=C(CSCC(C)N)NC(C)=C(C(=O)OC)C1c1cccc([N+](=O)[O-])c1.O=C(O)C=CC(=O)O. The molecule has 2 atom stereocenters. The van der Waals surface area contributed by atoms with E-state index in [1.807, 2.05) is 6.92 Å². The van der Waals surface area contributed by atoms with Crippen LogP contribution in [0, 0.1) is 10.1 Å². The van der Waals surface area contributed by atoms with E-state index in [1.54, 1.807) is 19.9 Å². The van der Waals surface area contributed by atoms with E-state index in [1.165, 1.54) is 37.1 Å². The van der Waals surface area contributed by atoms with Crippen LogP contribution < -0.4 is 11.1 Å². The van der Waals surface area contributed by atoms with Gasteiger partial charge in [0.05, 0.1) is 35.7 Å². The summed E-state index contributed by atoms with van der Waals surface area (Å²) in [6.45, 7) is 5.41. The van der Waals surface area contributed by atoms with Crippen LogP contribution in [0.5, 0.6) is 0 Å². The number of aliphatic carboxylic acids is 2. The van der Waals surface area contributed by atoms with Crippen molar-refractivity contribution in [3.05, 3.63) is 74.6 Å². The van der Waals surface area contributed by atoms with Crippen LogP contribution in [-0.2, 0) is 28.7 Å². The topological polar surface area (TPSA) is 208 Å². The summed E-state index contributed by atoms with van der Waals surface area (Å²) in [6, 6.07) is 5.85. The normalized spacial score (nSPS) is 15.6. The predicted octanol–water partition coefficient (Wildman–Crippen LogP) is 2.34. The molecule has 0 amide bonds. The number of methoxy groups -OCH3 is 1. The van der Waals surface area contributed by atoms with Gasteiger partial charge in [0.25, 0.3) is 5.69 Å². The zero-order chi connectivity index (χ0) is 29.7. The number of hydrogen-bond donors (Lipinski definition) is 4. The van der Waals surface area contributed by atoms with Crippen molar-refractivity contribution in [3.8, 4) is 0 Å². The minimum atomic E-state index is -1.26. The van der Waals surface area contributed by atoms with Gasteiger partial charge in [-0.25, -0.2) is 19.2 Å². The first-order chi connectivity index (χ1) is 18.3. The summed E-state index contributed by atoms with van der Waals surface area (Å²) in [5.74, 6) is -3.54. The Morgan fingerprint density at radius 1 is 1.18 bits per heavy atom. The van der Waals surface area contributed by atoms with Gasteiger partial charge < -0.3 is 30.7 Å². The molecular formula is C25H31N3O10S. The third-order valence-electron chi connectivity index (χ3n) is 4.96. The molecule has 14 heteroatoms. The van der Waals surface area contributed by atoms with Crippen molar-refractivity contribution in [3.63, 3.8) is 0 Å². The Labute approximate surface area is 228 Å². The molecule has 0 bridgehead atoms. The van der Waals surface area contributed by atoms with Crippen LogP contribution in [0.4, 0.5) is 5.69 Å². The summed E-state index contributed by atoms with van der Waals surface area (Å²) in [5, 5.41) is 30.1. The van der Waals surface area contributed by atoms with E-state index >= 15 is 0 Å². The molecule has 212 valence electrons. The molecule has 0 aliphatic carbocycles. The summed E-state index contributed by atoms with van der Waals surface area (Å²) in [5.41, 5.74) is 7.63. The van der Waals surface area contributed by atoms with E-state index in [-0.39, 0.29) is 29.5 Å². The highest BCUT2D eigenvalue weighted by Gasteiger charge is 2.39. The molecule has 0 spiro atoms. The number of nitrogens with two attached hydrogens (primary N) is 1. The quantitative estimate of drug-likeness (QED) is 0.132. The number of carbonyl (C=O) groups excluding carboxylic acids is 2. The lowest BCUT2D eigenvalue weighted by Crippen LogP contribution is -2.34. The molecule has 0 aromatic heterocycles. The van der Waals surface area contributed by atoms with Gasteiger partial charge in [0.15, 0.2) is 0 Å². The van der Waals surface area contributed by atoms with Crippen LogP contribution in [-0.4, -0.2) is 70.3 Å². The van der Waals surface area contributed by atoms with Crippen LogP contribution in [0.1, 0.15) is 32.3 Å². The lowest BCUT2D eigenvalue weighted by atomic mass is 9.80. The highest BCUT2D eigenvalue weighted by Crippen LogP contribution is 2.40. The molecule has 5 N–H and O–H groups in total. The molecule has 0 saturated heterocycles. The number of benzene rings is 1. The lowest BCUT2D eigenvalue weighted by molar-refractivity contribution is -0.384. The number of non-ortho nitro benzene ring substituents is 1. The maximum atomic E-state index is 13.0. The molecule has 2 rings (SSSR count). The molecule has 1 aliphatic heterocycles. The number of nitro benzene ring substituents is 1. The number of ether oxygens (including phenoxy) is 2. The highest BCUT2D eigenvalue weighted by atomic mass is 32.2. The highest BCUT2D eigenvalue weighted by molar-refractivity contribution is 7.99. The van der Waals surface area contributed by atoms with E-state index < -0.39 is 34.7 Å². The van der Waals surface area contributed by atoms with Gasteiger partial charge in [0.1, 0.15) is 0 Å². The first-order valence-electron chi connectivity index (χ1n) is 11.5. The van der Waals surface area contributed by atoms with Crippen molar-refractivity contribution < 1.29 is 43.8 Å². The van der Waals surface area contributed by atoms with Gasteiger partial charge in [-0.2, -0.15) is 11.8 Å². The van der Waals surface area contributed by atoms with Crippen LogP contribution in [0.3, 0.4) is 0 Å². The lowest BCUT2D eigenvalue weighted by Gasteiger charge is -2.31. The summed E-state index contributed by atoms with van der Waals surface area (Å²) in [4.78, 5) is 55.6. The first kappa shape index (κ1) is 32.9. The first-order valence-corrected chi connectivity index (χ1v) is 12.7. The van der Waals surface area contributed by atoms with Gasteiger partial charge in [0.2, 0.25) is 0 Å². The third-order valence-corrected chi connectivity index (χ3v) is 6.21. The van der Waals surface area contributed by atoms with Crippen molar-refractivity contribution in [2.24, 2.45) is 5.73 Å². The Hall–Kier alpha value is -4.17. The van der Waals surface area contributed by atoms with Crippen molar-refractivity contribution in [1.82, 2.24) is 5.32 Å². The number of esters is 2. The third kappa shape index (κ3) is 10.2. The minimum Gasteiger partial charge on any atom is -0.478 e. The Balaban J connectivity index is 0.000000824. The summed E-state index contributed by atoms with van der Waals surface area (Å²) in [7, 11) is 1.24. The van der Waals surface area contributed by atoms with Gasteiger partial charge in [-0.15, -0.1) is 0 Å². The van der Waals surface area contributed by atoms with E-state index in [9.17, 15) is 29.3 Å². The smallest absolute Gasteiger partial charge is 0.336 e. The zero-order valence-corrected chi connectivity index (χ0v) is 22.6. The van der Waals surface area contributed by atoms with Gasteiger partial charge in [-0.3, -0.25) is 10.1 Å². The molecule has 0 radical (unpaired) electrons. The number of allylic oxidation sites excluding steroid dienone is 1. The fourth-order valence-corrected chi connectivity index (χ4v) is 4.40. The number of nitro groups is 1. The number of thioether (sulfide) groups is 1.